The quantitative estimate of drug-likeness (QED) is 0.790. The Hall–Kier alpha value is -1.09. The third kappa shape index (κ3) is 5.68. The molecular formula is C14H24N2O. The number of ether oxygens (including phenoxy) is 1. The fraction of sp³-hybridized carbons (Fsp3) is 0.643. The van der Waals surface area contributed by atoms with Gasteiger partial charge in [-0.2, -0.15) is 0 Å². The number of nitrogens with one attached hydrogen (secondary N) is 1. The molecule has 3 heteroatoms. The van der Waals surface area contributed by atoms with Gasteiger partial charge >= 0.3 is 0 Å². The lowest BCUT2D eigenvalue weighted by atomic mass is 10.0. The van der Waals surface area contributed by atoms with Crippen LogP contribution in [0.25, 0.3) is 0 Å². The molecule has 0 saturated heterocycles. The zero-order chi connectivity index (χ0) is 12.7. The first-order valence-corrected chi connectivity index (χ1v) is 6.34. The van der Waals surface area contributed by atoms with Crippen LogP contribution in [0, 0.1) is 5.92 Å². The molecule has 0 spiro atoms. The molecule has 1 aromatic heterocycles. The third-order valence-corrected chi connectivity index (χ3v) is 2.84. The standard InChI is InChI=1S/C14H24N2O/c1-11(2)5-6-12(3)16-10-13-7-8-15-14(9-13)17-4/h7-9,11-12,16H,5-6,10H2,1-4H3. The molecule has 0 radical (unpaired) electrons. The Morgan fingerprint density at radius 3 is 2.71 bits per heavy atom. The van der Waals surface area contributed by atoms with Crippen molar-refractivity contribution < 1.29 is 4.74 Å². The number of pyridine rings is 1. The van der Waals surface area contributed by atoms with E-state index in [1.54, 1.807) is 13.3 Å². The highest BCUT2D eigenvalue weighted by atomic mass is 16.5. The molecule has 1 rings (SSSR count). The molecule has 1 heterocycles. The van der Waals surface area contributed by atoms with Crippen molar-refractivity contribution in [3.63, 3.8) is 0 Å². The molecular weight excluding hydrogens is 212 g/mol. The molecule has 3 nitrogen and oxygen atoms in total. The van der Waals surface area contributed by atoms with Gasteiger partial charge in [-0.1, -0.05) is 13.8 Å². The molecule has 17 heavy (non-hydrogen) atoms. The SMILES string of the molecule is COc1cc(CNC(C)CCC(C)C)ccn1. The summed E-state index contributed by atoms with van der Waals surface area (Å²) in [5.41, 5.74) is 1.22. The molecule has 0 aliphatic carbocycles. The summed E-state index contributed by atoms with van der Waals surface area (Å²) in [6, 6.07) is 4.55. The van der Waals surface area contributed by atoms with Gasteiger partial charge in [0.1, 0.15) is 0 Å². The second kappa shape index (κ2) is 7.28. The lowest BCUT2D eigenvalue weighted by Gasteiger charge is -2.15. The summed E-state index contributed by atoms with van der Waals surface area (Å²) in [6.45, 7) is 7.64. The fourth-order valence-corrected chi connectivity index (χ4v) is 1.65. The monoisotopic (exact) mass is 236 g/mol. The minimum absolute atomic E-state index is 0.552. The van der Waals surface area contributed by atoms with Crippen LogP contribution in [0.1, 0.15) is 39.2 Å². The summed E-state index contributed by atoms with van der Waals surface area (Å²) in [7, 11) is 1.64. The van der Waals surface area contributed by atoms with Gasteiger partial charge in [0.2, 0.25) is 5.88 Å². The Morgan fingerprint density at radius 2 is 2.06 bits per heavy atom. The van der Waals surface area contributed by atoms with Crippen LogP contribution in [0.15, 0.2) is 18.3 Å². The normalized spacial score (nSPS) is 12.8. The van der Waals surface area contributed by atoms with Crippen molar-refractivity contribution in [3.8, 4) is 5.88 Å². The van der Waals surface area contributed by atoms with E-state index in [0.29, 0.717) is 11.9 Å². The van der Waals surface area contributed by atoms with E-state index in [0.717, 1.165) is 12.5 Å². The van der Waals surface area contributed by atoms with E-state index >= 15 is 0 Å². The maximum Gasteiger partial charge on any atom is 0.213 e. The molecule has 1 N–H and O–H groups in total. The van der Waals surface area contributed by atoms with Crippen LogP contribution in [-0.4, -0.2) is 18.1 Å². The molecule has 0 aromatic carbocycles. The predicted octanol–water partition coefficient (Wildman–Crippen LogP) is 3.00. The first-order chi connectivity index (χ1) is 8.11. The van der Waals surface area contributed by atoms with Gasteiger partial charge in [-0.15, -0.1) is 0 Å². The Balaban J connectivity index is 2.33. The molecule has 1 unspecified atom stereocenters. The first kappa shape index (κ1) is 14.0. The van der Waals surface area contributed by atoms with Gasteiger partial charge in [-0.3, -0.25) is 0 Å². The van der Waals surface area contributed by atoms with Gasteiger partial charge in [0, 0.05) is 24.8 Å². The number of aromatic nitrogens is 1. The van der Waals surface area contributed by atoms with E-state index in [9.17, 15) is 0 Å². The second-order valence-electron chi connectivity index (χ2n) is 4.96. The zero-order valence-electron chi connectivity index (χ0n) is 11.4. The summed E-state index contributed by atoms with van der Waals surface area (Å²) in [5.74, 6) is 1.46. The van der Waals surface area contributed by atoms with E-state index < -0.39 is 0 Å². The molecule has 1 atom stereocenters. The fourth-order valence-electron chi connectivity index (χ4n) is 1.65. The molecule has 0 bridgehead atoms. The Bertz CT molecular complexity index is 326. The van der Waals surface area contributed by atoms with Crippen molar-refractivity contribution in [1.82, 2.24) is 10.3 Å². The average molecular weight is 236 g/mol. The summed E-state index contributed by atoms with van der Waals surface area (Å²) in [4.78, 5) is 4.09. The van der Waals surface area contributed by atoms with Gasteiger partial charge in [-0.25, -0.2) is 4.98 Å². The number of methoxy groups -OCH3 is 1. The topological polar surface area (TPSA) is 34.1 Å². The molecule has 0 aliphatic rings. The highest BCUT2D eigenvalue weighted by molar-refractivity contribution is 5.20. The highest BCUT2D eigenvalue weighted by Crippen LogP contribution is 2.10. The third-order valence-electron chi connectivity index (χ3n) is 2.84. The van der Waals surface area contributed by atoms with E-state index in [1.807, 2.05) is 12.1 Å². The van der Waals surface area contributed by atoms with Crippen LogP contribution < -0.4 is 10.1 Å². The molecule has 0 aliphatic heterocycles. The summed E-state index contributed by atoms with van der Waals surface area (Å²) in [6.07, 6.45) is 4.28. The van der Waals surface area contributed by atoms with Crippen LogP contribution >= 0.6 is 0 Å². The molecule has 0 amide bonds. The number of rotatable bonds is 7. The van der Waals surface area contributed by atoms with Crippen molar-refractivity contribution >= 4 is 0 Å². The molecule has 96 valence electrons. The maximum atomic E-state index is 5.10. The van der Waals surface area contributed by atoms with E-state index in [-0.39, 0.29) is 0 Å². The van der Waals surface area contributed by atoms with Crippen LogP contribution in [0.2, 0.25) is 0 Å². The minimum Gasteiger partial charge on any atom is -0.481 e. The highest BCUT2D eigenvalue weighted by Gasteiger charge is 2.04. The maximum absolute atomic E-state index is 5.10. The molecule has 0 saturated carbocycles. The Morgan fingerprint density at radius 1 is 1.29 bits per heavy atom. The van der Waals surface area contributed by atoms with E-state index in [4.69, 9.17) is 4.74 Å². The summed E-state index contributed by atoms with van der Waals surface area (Å²) in [5, 5.41) is 3.52. The average Bonchev–Trinajstić information content (AvgIpc) is 2.34. The van der Waals surface area contributed by atoms with Crippen molar-refractivity contribution in [2.45, 2.75) is 46.2 Å². The first-order valence-electron chi connectivity index (χ1n) is 6.34. The van der Waals surface area contributed by atoms with Crippen LogP contribution in [0.3, 0.4) is 0 Å². The smallest absolute Gasteiger partial charge is 0.213 e. The van der Waals surface area contributed by atoms with Crippen molar-refractivity contribution in [3.05, 3.63) is 23.9 Å². The number of hydrogen-bond donors (Lipinski definition) is 1. The zero-order valence-corrected chi connectivity index (χ0v) is 11.4. The van der Waals surface area contributed by atoms with Crippen LogP contribution in [0.5, 0.6) is 5.88 Å². The summed E-state index contributed by atoms with van der Waals surface area (Å²) >= 11 is 0. The largest absolute Gasteiger partial charge is 0.481 e. The summed E-state index contributed by atoms with van der Waals surface area (Å²) < 4.78 is 5.10. The number of nitrogens with zero attached hydrogens (tertiary/aromatic N) is 1. The molecule has 0 fully saturated rings. The lowest BCUT2D eigenvalue weighted by Crippen LogP contribution is -2.25. The van der Waals surface area contributed by atoms with Gasteiger partial charge in [0.05, 0.1) is 7.11 Å². The van der Waals surface area contributed by atoms with Crippen molar-refractivity contribution in [1.29, 1.82) is 0 Å². The van der Waals surface area contributed by atoms with Crippen LogP contribution in [0.4, 0.5) is 0 Å². The van der Waals surface area contributed by atoms with E-state index in [2.05, 4.69) is 31.1 Å². The molecule has 1 aromatic rings. The van der Waals surface area contributed by atoms with Crippen molar-refractivity contribution in [2.24, 2.45) is 5.92 Å². The lowest BCUT2D eigenvalue weighted by molar-refractivity contribution is 0.396. The van der Waals surface area contributed by atoms with Gasteiger partial charge in [0.25, 0.3) is 0 Å². The van der Waals surface area contributed by atoms with E-state index in [1.165, 1.54) is 18.4 Å². The van der Waals surface area contributed by atoms with Gasteiger partial charge < -0.3 is 10.1 Å². The Labute approximate surface area is 105 Å². The van der Waals surface area contributed by atoms with Gasteiger partial charge in [-0.05, 0) is 37.3 Å². The second-order valence-corrected chi connectivity index (χ2v) is 4.96. The van der Waals surface area contributed by atoms with Gasteiger partial charge in [0.15, 0.2) is 0 Å². The minimum atomic E-state index is 0.552. The number of hydrogen-bond acceptors (Lipinski definition) is 3. The van der Waals surface area contributed by atoms with Crippen LogP contribution in [-0.2, 0) is 6.54 Å². The Kier molecular flexibility index (Phi) is 5.98. The van der Waals surface area contributed by atoms with Crippen molar-refractivity contribution in [2.75, 3.05) is 7.11 Å². The predicted molar refractivity (Wildman–Crippen MR) is 71.2 cm³/mol.